The predicted octanol–water partition coefficient (Wildman–Crippen LogP) is 3.33. The van der Waals surface area contributed by atoms with Crippen molar-refractivity contribution in [1.82, 2.24) is 0 Å². The van der Waals surface area contributed by atoms with Crippen molar-refractivity contribution in [2.24, 2.45) is 0 Å². The molecule has 0 saturated carbocycles. The maximum Gasteiger partial charge on any atom is 0.495 e. The molecule has 0 N–H and O–H groups in total. The van der Waals surface area contributed by atoms with Crippen molar-refractivity contribution < 1.29 is 18.1 Å². The van der Waals surface area contributed by atoms with Gasteiger partial charge < -0.3 is 9.31 Å². The van der Waals surface area contributed by atoms with Gasteiger partial charge in [0.15, 0.2) is 0 Å². The molecule has 5 heteroatoms. The summed E-state index contributed by atoms with van der Waals surface area (Å²) in [6.45, 7) is 10.5. The minimum atomic E-state index is -1.67. The maximum atomic E-state index is 14.3. The van der Waals surface area contributed by atoms with Gasteiger partial charge in [-0.25, -0.2) is 8.78 Å². The van der Waals surface area contributed by atoms with Crippen LogP contribution in [0, 0.1) is 5.82 Å². The summed E-state index contributed by atoms with van der Waals surface area (Å²) in [5.74, 6) is -0.467. The molecule has 1 aromatic carbocycles. The Labute approximate surface area is 119 Å². The van der Waals surface area contributed by atoms with Gasteiger partial charge in [-0.3, -0.25) is 0 Å². The first-order valence-electron chi connectivity index (χ1n) is 6.78. The van der Waals surface area contributed by atoms with E-state index in [4.69, 9.17) is 9.31 Å². The van der Waals surface area contributed by atoms with E-state index < -0.39 is 29.8 Å². The Morgan fingerprint density at radius 3 is 2.00 bits per heavy atom. The van der Waals surface area contributed by atoms with Crippen molar-refractivity contribution >= 4 is 12.6 Å². The topological polar surface area (TPSA) is 18.5 Å². The molecule has 0 amide bonds. The molecule has 20 heavy (non-hydrogen) atoms. The van der Waals surface area contributed by atoms with Crippen LogP contribution in [0.3, 0.4) is 0 Å². The molecule has 1 aromatic rings. The zero-order valence-electron chi connectivity index (χ0n) is 12.9. The number of halogens is 2. The molecule has 0 aromatic heterocycles. The quantitative estimate of drug-likeness (QED) is 0.775. The Kier molecular flexibility index (Phi) is 3.50. The highest BCUT2D eigenvalue weighted by Gasteiger charge is 2.52. The molecule has 0 unspecified atom stereocenters. The molecule has 2 nitrogen and oxygen atoms in total. The van der Waals surface area contributed by atoms with Crippen LogP contribution >= 0.6 is 0 Å². The minimum absolute atomic E-state index is 0.260. The third kappa shape index (κ3) is 2.61. The predicted molar refractivity (Wildman–Crippen MR) is 76.3 cm³/mol. The van der Waals surface area contributed by atoms with E-state index in [0.717, 1.165) is 0 Å². The molecule has 0 bridgehead atoms. The zero-order valence-corrected chi connectivity index (χ0v) is 12.9. The van der Waals surface area contributed by atoms with E-state index in [-0.39, 0.29) is 5.56 Å². The standard InChI is InChI=1S/C15H21BF2O2/c1-13(2,18)11-9-10(17)7-8-12(11)16-19-14(3,4)15(5,6)20-16/h7-9H,1-6H3. The van der Waals surface area contributed by atoms with Gasteiger partial charge in [0.25, 0.3) is 0 Å². The summed E-state index contributed by atoms with van der Waals surface area (Å²) in [6, 6.07) is 4.05. The number of hydrogen-bond acceptors (Lipinski definition) is 2. The molecule has 1 fully saturated rings. The lowest BCUT2D eigenvalue weighted by Gasteiger charge is -2.32. The summed E-state index contributed by atoms with van der Waals surface area (Å²) in [5, 5.41) is 0. The van der Waals surface area contributed by atoms with Crippen molar-refractivity contribution in [3.63, 3.8) is 0 Å². The smallest absolute Gasteiger partial charge is 0.399 e. The van der Waals surface area contributed by atoms with Crippen LogP contribution in [-0.4, -0.2) is 18.3 Å². The van der Waals surface area contributed by atoms with Crippen LogP contribution in [0.2, 0.25) is 0 Å². The van der Waals surface area contributed by atoms with Gasteiger partial charge in [0.1, 0.15) is 11.5 Å². The van der Waals surface area contributed by atoms with Crippen molar-refractivity contribution in [3.05, 3.63) is 29.6 Å². The van der Waals surface area contributed by atoms with Gasteiger partial charge in [-0.05, 0) is 64.7 Å². The average Bonchev–Trinajstić information content (AvgIpc) is 2.46. The average molecular weight is 282 g/mol. The Morgan fingerprint density at radius 1 is 1.05 bits per heavy atom. The van der Waals surface area contributed by atoms with Gasteiger partial charge in [0, 0.05) is 0 Å². The fourth-order valence-electron chi connectivity index (χ4n) is 2.22. The lowest BCUT2D eigenvalue weighted by molar-refractivity contribution is 0.00578. The molecule has 0 aliphatic carbocycles. The van der Waals surface area contributed by atoms with Gasteiger partial charge in [-0.1, -0.05) is 6.07 Å². The third-order valence-electron chi connectivity index (χ3n) is 4.16. The van der Waals surface area contributed by atoms with Crippen molar-refractivity contribution in [1.29, 1.82) is 0 Å². The summed E-state index contributed by atoms with van der Waals surface area (Å²) in [5.41, 5.74) is -1.89. The fraction of sp³-hybridized carbons (Fsp3) is 0.600. The van der Waals surface area contributed by atoms with Gasteiger partial charge in [-0.2, -0.15) is 0 Å². The highest BCUT2D eigenvalue weighted by molar-refractivity contribution is 6.62. The minimum Gasteiger partial charge on any atom is -0.399 e. The Hall–Kier alpha value is -0.935. The van der Waals surface area contributed by atoms with Crippen molar-refractivity contribution in [2.75, 3.05) is 0 Å². The van der Waals surface area contributed by atoms with Gasteiger partial charge in [-0.15, -0.1) is 0 Å². The van der Waals surface area contributed by atoms with E-state index in [9.17, 15) is 8.78 Å². The highest BCUT2D eigenvalue weighted by Crippen LogP contribution is 2.37. The second-order valence-corrected chi connectivity index (χ2v) is 6.79. The molecular formula is C15H21BF2O2. The second kappa shape index (κ2) is 4.53. The maximum absolute atomic E-state index is 14.3. The van der Waals surface area contributed by atoms with Crippen LogP contribution < -0.4 is 5.46 Å². The summed E-state index contributed by atoms with van der Waals surface area (Å²) in [4.78, 5) is 0. The van der Waals surface area contributed by atoms with Crippen LogP contribution in [0.4, 0.5) is 8.78 Å². The van der Waals surface area contributed by atoms with Crippen LogP contribution in [0.5, 0.6) is 0 Å². The number of rotatable bonds is 2. The van der Waals surface area contributed by atoms with Crippen LogP contribution in [0.1, 0.15) is 47.1 Å². The Bertz CT molecular complexity index is 505. The largest absolute Gasteiger partial charge is 0.495 e. The van der Waals surface area contributed by atoms with Crippen molar-refractivity contribution in [3.8, 4) is 0 Å². The van der Waals surface area contributed by atoms with Gasteiger partial charge >= 0.3 is 7.12 Å². The Morgan fingerprint density at radius 2 is 1.55 bits per heavy atom. The molecule has 1 aliphatic rings. The normalized spacial score (nSPS) is 21.3. The first-order valence-corrected chi connectivity index (χ1v) is 6.78. The molecule has 2 rings (SSSR count). The highest BCUT2D eigenvalue weighted by atomic mass is 19.1. The Balaban J connectivity index is 2.46. The number of benzene rings is 1. The SMILES string of the molecule is CC(C)(F)c1cc(F)ccc1B1OC(C)(C)C(C)(C)O1. The number of alkyl halides is 1. The molecule has 0 atom stereocenters. The molecule has 0 spiro atoms. The van der Waals surface area contributed by atoms with E-state index in [1.807, 2.05) is 27.7 Å². The van der Waals surface area contributed by atoms with E-state index in [2.05, 4.69) is 0 Å². The van der Waals surface area contributed by atoms with E-state index in [1.165, 1.54) is 32.0 Å². The molecule has 110 valence electrons. The lowest BCUT2D eigenvalue weighted by Crippen LogP contribution is -2.41. The van der Waals surface area contributed by atoms with E-state index >= 15 is 0 Å². The third-order valence-corrected chi connectivity index (χ3v) is 4.16. The van der Waals surface area contributed by atoms with E-state index in [1.54, 1.807) is 0 Å². The summed E-state index contributed by atoms with van der Waals surface area (Å²) >= 11 is 0. The fourth-order valence-corrected chi connectivity index (χ4v) is 2.22. The van der Waals surface area contributed by atoms with Gasteiger partial charge in [0.05, 0.1) is 11.2 Å². The summed E-state index contributed by atoms with van der Waals surface area (Å²) in [7, 11) is -0.689. The lowest BCUT2D eigenvalue weighted by atomic mass is 9.73. The first kappa shape index (κ1) is 15.5. The summed E-state index contributed by atoms with van der Waals surface area (Å²) in [6.07, 6.45) is 0. The first-order chi connectivity index (χ1) is 8.94. The zero-order chi connectivity index (χ0) is 15.3. The second-order valence-electron chi connectivity index (χ2n) is 6.79. The van der Waals surface area contributed by atoms with Crippen LogP contribution in [-0.2, 0) is 15.0 Å². The van der Waals surface area contributed by atoms with Crippen molar-refractivity contribution in [2.45, 2.75) is 58.4 Å². The molecule has 1 saturated heterocycles. The van der Waals surface area contributed by atoms with Gasteiger partial charge in [0.2, 0.25) is 0 Å². The monoisotopic (exact) mass is 282 g/mol. The molecule has 1 heterocycles. The van der Waals surface area contributed by atoms with Crippen LogP contribution in [0.15, 0.2) is 18.2 Å². The molecule has 0 radical (unpaired) electrons. The van der Waals surface area contributed by atoms with E-state index in [0.29, 0.717) is 5.46 Å². The summed E-state index contributed by atoms with van der Waals surface area (Å²) < 4.78 is 39.6. The number of hydrogen-bond donors (Lipinski definition) is 0. The molecule has 1 aliphatic heterocycles. The van der Waals surface area contributed by atoms with Crippen LogP contribution in [0.25, 0.3) is 0 Å². The molecular weight excluding hydrogens is 261 g/mol.